The van der Waals surface area contributed by atoms with Crippen LogP contribution in [0.4, 0.5) is 17.3 Å². The van der Waals surface area contributed by atoms with Crippen LogP contribution >= 0.6 is 0 Å². The number of hydrogen-bond acceptors (Lipinski definition) is 2. The van der Waals surface area contributed by atoms with Gasteiger partial charge >= 0.3 is 7.25 Å². The third-order valence-electron chi connectivity index (χ3n) is 1.92. The molecular weight excluding hydrogens is 239 g/mol. The Morgan fingerprint density at radius 3 is 1.41 bits per heavy atom. The van der Waals surface area contributed by atoms with E-state index < -0.39 is 7.25 Å². The largest absolute Gasteiger partial charge is 0.673 e. The highest BCUT2D eigenvalue weighted by Gasteiger charge is 2.20. The van der Waals surface area contributed by atoms with Crippen LogP contribution in [0.5, 0.6) is 0 Å². The topological polar surface area (TPSA) is 12.5 Å². The fourth-order valence-corrected chi connectivity index (χ4v) is 0.941. The second kappa shape index (κ2) is 6.73. The van der Waals surface area contributed by atoms with Crippen LogP contribution in [0.3, 0.4) is 0 Å². The minimum Gasteiger partial charge on any atom is -0.478 e. The molecule has 0 heterocycles. The van der Waals surface area contributed by atoms with Gasteiger partial charge < -0.3 is 26.9 Å². The third kappa shape index (κ3) is 11.4. The van der Waals surface area contributed by atoms with E-state index in [4.69, 9.17) is 4.74 Å². The van der Waals surface area contributed by atoms with E-state index in [-0.39, 0.29) is 0 Å². The lowest BCUT2D eigenvalue weighted by atomic mass is 10.3. The molecule has 8 heteroatoms. The summed E-state index contributed by atoms with van der Waals surface area (Å²) in [5.41, 5.74) is 1.21. The first-order valence-electron chi connectivity index (χ1n) is 4.92. The van der Waals surface area contributed by atoms with Gasteiger partial charge in [0, 0.05) is 21.0 Å². The minimum absolute atomic E-state index is 0.793. The van der Waals surface area contributed by atoms with Gasteiger partial charge in [0.15, 0.2) is 5.70 Å². The maximum Gasteiger partial charge on any atom is 0.673 e. The first kappa shape index (κ1) is 18.5. The third-order valence-corrected chi connectivity index (χ3v) is 1.92. The average molecular weight is 260 g/mol. The smallest absolute Gasteiger partial charge is 0.478 e. The van der Waals surface area contributed by atoms with Gasteiger partial charge in [-0.1, -0.05) is 0 Å². The summed E-state index contributed by atoms with van der Waals surface area (Å²) in [5.74, 6) is 0.933. The number of rotatable bonds is 3. The van der Waals surface area contributed by atoms with Crippen molar-refractivity contribution in [1.82, 2.24) is 4.90 Å². The first-order valence-corrected chi connectivity index (χ1v) is 4.92. The predicted octanol–water partition coefficient (Wildman–Crippen LogP) is 2.39. The molecule has 0 aliphatic rings. The molecule has 0 unspecified atom stereocenters. The number of methoxy groups -OCH3 is 1. The van der Waals surface area contributed by atoms with E-state index in [0.717, 1.165) is 10.4 Å². The molecule has 0 saturated carbocycles. The van der Waals surface area contributed by atoms with Gasteiger partial charge in [-0.15, -0.1) is 0 Å². The molecule has 0 aliphatic carbocycles. The normalized spacial score (nSPS) is 13.4. The first-order chi connectivity index (χ1) is 7.30. The molecule has 0 aromatic carbocycles. The van der Waals surface area contributed by atoms with Crippen LogP contribution in [0.15, 0.2) is 11.6 Å². The Labute approximate surface area is 100 Å². The van der Waals surface area contributed by atoms with Crippen molar-refractivity contribution in [3.8, 4) is 0 Å². The van der Waals surface area contributed by atoms with Crippen LogP contribution < -0.4 is 0 Å². The summed E-state index contributed by atoms with van der Waals surface area (Å²) < 4.78 is 45.1. The van der Waals surface area contributed by atoms with Crippen molar-refractivity contribution in [3.05, 3.63) is 11.6 Å². The Bertz CT molecular complexity index is 253. The van der Waals surface area contributed by atoms with Crippen LogP contribution in [0.1, 0.15) is 6.92 Å². The molecule has 0 aliphatic heterocycles. The molecule has 104 valence electrons. The molecule has 0 radical (unpaired) electrons. The van der Waals surface area contributed by atoms with E-state index in [1.54, 1.807) is 7.11 Å². The lowest BCUT2D eigenvalue weighted by molar-refractivity contribution is -0.832. The molecule has 17 heavy (non-hydrogen) atoms. The number of allylic oxidation sites excluding steroid dienone is 1. The van der Waals surface area contributed by atoms with E-state index in [0.29, 0.717) is 0 Å². The van der Waals surface area contributed by atoms with Gasteiger partial charge in [-0.2, -0.15) is 0 Å². The SMILES string of the molecule is CO/C(=C(/C)[N+](C)(C)C)N(C)C.F[B-](F)(F)F. The number of hydrogen-bond donors (Lipinski definition) is 0. The quantitative estimate of drug-likeness (QED) is 0.334. The Balaban J connectivity index is 0. The highest BCUT2D eigenvalue weighted by atomic mass is 19.5. The average Bonchev–Trinajstić information content (AvgIpc) is 1.99. The number of halogens is 4. The molecule has 3 nitrogen and oxygen atoms in total. The molecule has 0 aromatic heterocycles. The summed E-state index contributed by atoms with van der Waals surface area (Å²) in [4.78, 5) is 1.98. The van der Waals surface area contributed by atoms with Crippen molar-refractivity contribution in [2.45, 2.75) is 6.92 Å². The second-order valence-corrected chi connectivity index (χ2v) is 4.50. The van der Waals surface area contributed by atoms with Gasteiger partial charge in [-0.05, 0) is 0 Å². The Hall–Kier alpha value is -0.915. The second-order valence-electron chi connectivity index (χ2n) is 4.50. The van der Waals surface area contributed by atoms with E-state index in [2.05, 4.69) is 28.1 Å². The van der Waals surface area contributed by atoms with Crippen LogP contribution in [-0.2, 0) is 4.74 Å². The summed E-state index contributed by atoms with van der Waals surface area (Å²) >= 11 is 0. The highest BCUT2D eigenvalue weighted by Crippen LogP contribution is 2.14. The van der Waals surface area contributed by atoms with Gasteiger partial charge in [-0.3, -0.25) is 4.48 Å². The molecule has 0 N–H and O–H groups in total. The summed E-state index contributed by atoms with van der Waals surface area (Å²) in [7, 11) is 6.04. The Kier molecular flexibility index (Phi) is 7.31. The molecular formula is C9H21BF4N2O. The standard InChI is InChI=1S/C9H21N2O.BF4/c1-8(11(4,5)6)9(12-7)10(2)3;2-1(3,4)5/h1-7H3;/q+1;-1/b9-8-;. The summed E-state index contributed by atoms with van der Waals surface area (Å²) in [6.07, 6.45) is 0. The van der Waals surface area contributed by atoms with Gasteiger partial charge in [0.05, 0.1) is 28.3 Å². The fourth-order valence-electron chi connectivity index (χ4n) is 0.941. The van der Waals surface area contributed by atoms with Crippen molar-refractivity contribution < 1.29 is 26.5 Å². The minimum atomic E-state index is -6.00. The Morgan fingerprint density at radius 2 is 1.35 bits per heavy atom. The molecule has 0 saturated heterocycles. The highest BCUT2D eigenvalue weighted by molar-refractivity contribution is 6.50. The van der Waals surface area contributed by atoms with Gasteiger partial charge in [-0.25, -0.2) is 0 Å². The van der Waals surface area contributed by atoms with Crippen LogP contribution in [0.25, 0.3) is 0 Å². The molecule has 0 fully saturated rings. The maximum absolute atomic E-state index is 9.75. The molecule has 0 rings (SSSR count). The lowest BCUT2D eigenvalue weighted by Crippen LogP contribution is -2.35. The number of ether oxygens (including phenoxy) is 1. The fraction of sp³-hybridized carbons (Fsp3) is 0.778. The lowest BCUT2D eigenvalue weighted by Gasteiger charge is -2.28. The molecule has 0 aromatic rings. The number of nitrogens with zero attached hydrogens (tertiary/aromatic N) is 2. The Morgan fingerprint density at radius 1 is 1.06 bits per heavy atom. The van der Waals surface area contributed by atoms with E-state index in [9.17, 15) is 17.3 Å². The van der Waals surface area contributed by atoms with Crippen molar-refractivity contribution >= 4 is 7.25 Å². The van der Waals surface area contributed by atoms with E-state index in [1.165, 1.54) is 5.70 Å². The monoisotopic (exact) mass is 260 g/mol. The van der Waals surface area contributed by atoms with Crippen molar-refractivity contribution in [1.29, 1.82) is 0 Å². The number of quaternary nitrogens is 1. The van der Waals surface area contributed by atoms with Gasteiger partial charge in [0.2, 0.25) is 5.88 Å². The summed E-state index contributed by atoms with van der Waals surface area (Å²) in [6.45, 7) is 2.08. The zero-order valence-electron chi connectivity index (χ0n) is 11.4. The van der Waals surface area contributed by atoms with Gasteiger partial charge in [0.1, 0.15) is 0 Å². The van der Waals surface area contributed by atoms with Crippen LogP contribution in [0.2, 0.25) is 0 Å². The van der Waals surface area contributed by atoms with Crippen molar-refractivity contribution in [2.75, 3.05) is 42.3 Å². The van der Waals surface area contributed by atoms with Crippen molar-refractivity contribution in [2.24, 2.45) is 0 Å². The molecule has 0 bridgehead atoms. The van der Waals surface area contributed by atoms with Crippen molar-refractivity contribution in [3.63, 3.8) is 0 Å². The van der Waals surface area contributed by atoms with E-state index in [1.807, 2.05) is 19.0 Å². The van der Waals surface area contributed by atoms with Crippen LogP contribution in [0, 0.1) is 0 Å². The zero-order valence-corrected chi connectivity index (χ0v) is 11.4. The van der Waals surface area contributed by atoms with Gasteiger partial charge in [0.25, 0.3) is 0 Å². The molecule has 0 spiro atoms. The van der Waals surface area contributed by atoms with Crippen LogP contribution in [-0.4, -0.2) is 59.0 Å². The molecule has 0 atom stereocenters. The zero-order chi connectivity index (χ0) is 14.4. The summed E-state index contributed by atoms with van der Waals surface area (Å²) in [5, 5.41) is 0. The summed E-state index contributed by atoms with van der Waals surface area (Å²) in [6, 6.07) is 0. The predicted molar refractivity (Wildman–Crippen MR) is 61.6 cm³/mol. The maximum atomic E-state index is 9.75. The van der Waals surface area contributed by atoms with E-state index >= 15 is 0 Å². The molecule has 0 amide bonds.